The predicted octanol–water partition coefficient (Wildman–Crippen LogP) is 0.892. The van der Waals surface area contributed by atoms with Crippen molar-refractivity contribution >= 4 is 11.8 Å². The minimum absolute atomic E-state index is 0.0136. The summed E-state index contributed by atoms with van der Waals surface area (Å²) in [7, 11) is 0. The summed E-state index contributed by atoms with van der Waals surface area (Å²) in [4.78, 5) is 26.7. The summed E-state index contributed by atoms with van der Waals surface area (Å²) in [5, 5.41) is 6.18. The topological polar surface area (TPSA) is 61.4 Å². The Hall–Kier alpha value is -1.10. The average Bonchev–Trinajstić information content (AvgIpc) is 3.15. The molecule has 20 heavy (non-hydrogen) atoms. The van der Waals surface area contributed by atoms with Crippen LogP contribution in [0.2, 0.25) is 0 Å². The predicted molar refractivity (Wildman–Crippen MR) is 78.2 cm³/mol. The monoisotopic (exact) mass is 281 g/mol. The number of likely N-dealkylation sites (tertiary alicyclic amines) is 1. The molecule has 0 radical (unpaired) electrons. The van der Waals surface area contributed by atoms with Gasteiger partial charge < -0.3 is 15.5 Å². The van der Waals surface area contributed by atoms with Gasteiger partial charge in [0.05, 0.1) is 6.04 Å². The number of nitrogens with zero attached hydrogens (tertiary/aromatic N) is 1. The van der Waals surface area contributed by atoms with Crippen molar-refractivity contribution in [2.75, 3.05) is 19.6 Å². The van der Waals surface area contributed by atoms with E-state index >= 15 is 0 Å². The Bertz CT molecular complexity index is 347. The van der Waals surface area contributed by atoms with Crippen molar-refractivity contribution in [2.45, 2.75) is 58.0 Å². The summed E-state index contributed by atoms with van der Waals surface area (Å²) in [6.45, 7) is 6.68. The molecule has 0 aromatic rings. The lowest BCUT2D eigenvalue weighted by Crippen LogP contribution is -2.54. The maximum atomic E-state index is 12.6. The zero-order valence-electron chi connectivity index (χ0n) is 12.7. The molecule has 0 bridgehead atoms. The van der Waals surface area contributed by atoms with E-state index in [1.54, 1.807) is 0 Å². The summed E-state index contributed by atoms with van der Waals surface area (Å²) in [5.41, 5.74) is 0. The van der Waals surface area contributed by atoms with E-state index in [-0.39, 0.29) is 29.8 Å². The lowest BCUT2D eigenvalue weighted by molar-refractivity contribution is -0.137. The first-order valence-electron chi connectivity index (χ1n) is 7.96. The molecular weight excluding hydrogens is 254 g/mol. The largest absolute Gasteiger partial charge is 0.343 e. The quantitative estimate of drug-likeness (QED) is 0.787. The number of carbonyl (C=O) groups excluding carboxylic acids is 2. The molecule has 0 saturated carbocycles. The van der Waals surface area contributed by atoms with Crippen LogP contribution in [-0.4, -0.2) is 48.4 Å². The Balaban J connectivity index is 1.98. The molecule has 0 unspecified atom stereocenters. The number of amides is 2. The highest BCUT2D eigenvalue weighted by atomic mass is 16.2. The minimum atomic E-state index is -0.368. The molecule has 2 saturated heterocycles. The second-order valence-electron chi connectivity index (χ2n) is 6.05. The van der Waals surface area contributed by atoms with Crippen molar-refractivity contribution in [3.05, 3.63) is 0 Å². The fraction of sp³-hybridized carbons (Fsp3) is 0.867. The highest BCUT2D eigenvalue weighted by molar-refractivity contribution is 5.90. The molecule has 0 aromatic carbocycles. The molecule has 0 spiro atoms. The van der Waals surface area contributed by atoms with E-state index in [2.05, 4.69) is 17.6 Å². The van der Waals surface area contributed by atoms with Gasteiger partial charge >= 0.3 is 0 Å². The van der Waals surface area contributed by atoms with Gasteiger partial charge in [-0.1, -0.05) is 20.3 Å². The van der Waals surface area contributed by atoms with Gasteiger partial charge in [0.15, 0.2) is 0 Å². The zero-order valence-corrected chi connectivity index (χ0v) is 12.7. The number of carbonyl (C=O) groups is 2. The van der Waals surface area contributed by atoms with Gasteiger partial charge in [0, 0.05) is 13.1 Å². The molecule has 2 rings (SSSR count). The van der Waals surface area contributed by atoms with Crippen molar-refractivity contribution in [3.63, 3.8) is 0 Å². The summed E-state index contributed by atoms with van der Waals surface area (Å²) in [6, 6.07) is -0.485. The van der Waals surface area contributed by atoms with Crippen LogP contribution >= 0.6 is 0 Å². The van der Waals surface area contributed by atoms with Crippen molar-refractivity contribution in [3.8, 4) is 0 Å². The van der Waals surface area contributed by atoms with E-state index in [9.17, 15) is 9.59 Å². The molecular formula is C15H27N3O2. The number of hydrogen-bond acceptors (Lipinski definition) is 3. The molecule has 5 heteroatoms. The maximum absolute atomic E-state index is 12.6. The third kappa shape index (κ3) is 3.51. The third-order valence-corrected chi connectivity index (χ3v) is 4.57. The molecule has 0 aromatic heterocycles. The maximum Gasteiger partial charge on any atom is 0.245 e. The first-order chi connectivity index (χ1) is 9.63. The van der Waals surface area contributed by atoms with Crippen LogP contribution in [0, 0.1) is 5.92 Å². The highest BCUT2D eigenvalue weighted by Crippen LogP contribution is 2.16. The molecule has 5 nitrogen and oxygen atoms in total. The van der Waals surface area contributed by atoms with Crippen LogP contribution in [0.15, 0.2) is 0 Å². The van der Waals surface area contributed by atoms with Gasteiger partial charge in [0.25, 0.3) is 0 Å². The van der Waals surface area contributed by atoms with Crippen LogP contribution in [0.25, 0.3) is 0 Å². The van der Waals surface area contributed by atoms with Gasteiger partial charge in [-0.05, 0) is 38.1 Å². The van der Waals surface area contributed by atoms with Gasteiger partial charge in [-0.3, -0.25) is 9.59 Å². The first-order valence-corrected chi connectivity index (χ1v) is 7.96. The van der Waals surface area contributed by atoms with E-state index in [4.69, 9.17) is 0 Å². The Morgan fingerprint density at radius 1 is 1.30 bits per heavy atom. The highest BCUT2D eigenvalue weighted by Gasteiger charge is 2.33. The summed E-state index contributed by atoms with van der Waals surface area (Å²) < 4.78 is 0. The van der Waals surface area contributed by atoms with Gasteiger partial charge in [-0.2, -0.15) is 0 Å². The van der Waals surface area contributed by atoms with Gasteiger partial charge in [-0.25, -0.2) is 0 Å². The molecule has 2 aliphatic rings. The number of rotatable bonds is 5. The van der Waals surface area contributed by atoms with Crippen molar-refractivity contribution in [1.82, 2.24) is 15.5 Å². The van der Waals surface area contributed by atoms with Gasteiger partial charge in [-0.15, -0.1) is 0 Å². The van der Waals surface area contributed by atoms with Crippen LogP contribution in [0.1, 0.15) is 46.0 Å². The molecule has 2 N–H and O–H groups in total. The van der Waals surface area contributed by atoms with E-state index in [1.807, 2.05) is 11.8 Å². The normalized spacial score (nSPS) is 25.5. The Kier molecular flexibility index (Phi) is 5.40. The molecule has 2 fully saturated rings. The third-order valence-electron chi connectivity index (χ3n) is 4.57. The molecule has 2 aliphatic heterocycles. The van der Waals surface area contributed by atoms with Crippen molar-refractivity contribution in [1.29, 1.82) is 0 Å². The fourth-order valence-electron chi connectivity index (χ4n) is 2.98. The summed E-state index contributed by atoms with van der Waals surface area (Å²) >= 11 is 0. The average molecular weight is 281 g/mol. The Labute approximate surface area is 121 Å². The molecule has 114 valence electrons. The zero-order chi connectivity index (χ0) is 14.5. The standard InChI is InChI=1S/C15H27N3O2/c1-3-11(2)13(15(20)18-9-4-5-10-18)17-14(19)12-7-6-8-16-12/h11-13,16H,3-10H2,1-2H3,(H,17,19)/t11-,12-,13-/m0/s1. The molecule has 2 amide bonds. The molecule has 2 heterocycles. The minimum Gasteiger partial charge on any atom is -0.343 e. The molecule has 0 aliphatic carbocycles. The van der Waals surface area contributed by atoms with Crippen molar-refractivity contribution < 1.29 is 9.59 Å². The summed E-state index contributed by atoms with van der Waals surface area (Å²) in [6.07, 6.45) is 4.96. The lowest BCUT2D eigenvalue weighted by Gasteiger charge is -2.29. The SMILES string of the molecule is CC[C@H](C)[C@H](NC(=O)[C@@H]1CCCN1)C(=O)N1CCCC1. The van der Waals surface area contributed by atoms with E-state index in [1.165, 1.54) is 0 Å². The van der Waals surface area contributed by atoms with Gasteiger partial charge in [0.2, 0.25) is 11.8 Å². The Morgan fingerprint density at radius 2 is 2.00 bits per heavy atom. The van der Waals surface area contributed by atoms with Crippen LogP contribution in [-0.2, 0) is 9.59 Å². The van der Waals surface area contributed by atoms with Crippen LogP contribution < -0.4 is 10.6 Å². The first kappa shape index (κ1) is 15.3. The second-order valence-corrected chi connectivity index (χ2v) is 6.05. The fourth-order valence-corrected chi connectivity index (χ4v) is 2.98. The van der Waals surface area contributed by atoms with E-state index in [0.717, 1.165) is 51.7 Å². The second kappa shape index (κ2) is 7.07. The van der Waals surface area contributed by atoms with E-state index in [0.29, 0.717) is 0 Å². The van der Waals surface area contributed by atoms with Gasteiger partial charge in [0.1, 0.15) is 6.04 Å². The molecule has 3 atom stereocenters. The smallest absolute Gasteiger partial charge is 0.245 e. The van der Waals surface area contributed by atoms with Crippen LogP contribution in [0.5, 0.6) is 0 Å². The summed E-state index contributed by atoms with van der Waals surface area (Å²) in [5.74, 6) is 0.261. The number of nitrogens with one attached hydrogen (secondary N) is 2. The van der Waals surface area contributed by atoms with Crippen LogP contribution in [0.3, 0.4) is 0 Å². The Morgan fingerprint density at radius 3 is 2.55 bits per heavy atom. The van der Waals surface area contributed by atoms with Crippen LogP contribution in [0.4, 0.5) is 0 Å². The lowest BCUT2D eigenvalue weighted by atomic mass is 9.97. The number of hydrogen-bond donors (Lipinski definition) is 2. The van der Waals surface area contributed by atoms with E-state index < -0.39 is 0 Å². The van der Waals surface area contributed by atoms with Crippen molar-refractivity contribution in [2.24, 2.45) is 5.92 Å².